The highest BCUT2D eigenvalue weighted by Gasteiger charge is 2.26. The summed E-state index contributed by atoms with van der Waals surface area (Å²) in [4.78, 5) is 16.0. The minimum absolute atomic E-state index is 0.0435. The fraction of sp³-hybridized carbons (Fsp3) is 0.615. The van der Waals surface area contributed by atoms with Crippen LogP contribution in [0, 0.1) is 0 Å². The highest BCUT2D eigenvalue weighted by Crippen LogP contribution is 2.10. The second-order valence-corrected chi connectivity index (χ2v) is 5.35. The lowest BCUT2D eigenvalue weighted by atomic mass is 10.1. The first-order valence-electron chi connectivity index (χ1n) is 6.53. The van der Waals surface area contributed by atoms with Crippen LogP contribution in [0.25, 0.3) is 0 Å². The average Bonchev–Trinajstić information content (AvgIpc) is 2.37. The third kappa shape index (κ3) is 3.20. The van der Waals surface area contributed by atoms with Gasteiger partial charge in [0, 0.05) is 39.3 Å². The summed E-state index contributed by atoms with van der Waals surface area (Å²) in [6, 6.07) is 4.17. The minimum Gasteiger partial charge on any atom is -0.361 e. The second-order valence-electron chi connectivity index (χ2n) is 5.35. The Balaban J connectivity index is 2.10. The lowest BCUT2D eigenvalue weighted by molar-refractivity contribution is 0.0666. The van der Waals surface area contributed by atoms with Crippen LogP contribution in [0.3, 0.4) is 0 Å². The highest BCUT2D eigenvalue weighted by molar-refractivity contribution is 5.92. The van der Waals surface area contributed by atoms with Crippen LogP contribution in [0.5, 0.6) is 0 Å². The number of hydrogen-bond acceptors (Lipinski definition) is 5. The third-order valence-electron chi connectivity index (χ3n) is 3.17. The molecule has 2 atom stereocenters. The number of piperazine rings is 1. The van der Waals surface area contributed by atoms with E-state index in [1.807, 2.05) is 30.0 Å². The van der Waals surface area contributed by atoms with Crippen molar-refractivity contribution in [2.45, 2.75) is 25.9 Å². The maximum Gasteiger partial charge on any atom is 0.274 e. The number of carbonyl (C=O) groups excluding carboxylic acids is 1. The molecule has 0 bridgehead atoms. The van der Waals surface area contributed by atoms with Gasteiger partial charge in [0.25, 0.3) is 5.91 Å². The number of anilines is 1. The molecule has 0 spiro atoms. The number of hydrogen-bond donors (Lipinski definition) is 1. The van der Waals surface area contributed by atoms with Gasteiger partial charge in [0.15, 0.2) is 11.5 Å². The first-order valence-corrected chi connectivity index (χ1v) is 6.53. The van der Waals surface area contributed by atoms with Gasteiger partial charge in [-0.3, -0.25) is 4.79 Å². The number of amides is 1. The monoisotopic (exact) mass is 263 g/mol. The first kappa shape index (κ1) is 13.7. The zero-order chi connectivity index (χ0) is 14.0. The normalized spacial score (nSPS) is 23.3. The van der Waals surface area contributed by atoms with Crippen LogP contribution in [0.2, 0.25) is 0 Å². The predicted molar refractivity (Wildman–Crippen MR) is 74.3 cm³/mol. The number of rotatable bonds is 2. The van der Waals surface area contributed by atoms with Gasteiger partial charge in [0.1, 0.15) is 0 Å². The molecule has 1 aromatic heterocycles. The molecule has 1 amide bonds. The Hall–Kier alpha value is -1.69. The molecule has 1 aromatic rings. The molecule has 0 saturated carbocycles. The molecular formula is C13H21N5O. The van der Waals surface area contributed by atoms with E-state index >= 15 is 0 Å². The van der Waals surface area contributed by atoms with E-state index in [1.54, 1.807) is 6.07 Å². The molecule has 1 aliphatic heterocycles. The molecule has 1 saturated heterocycles. The number of nitrogens with zero attached hydrogens (tertiary/aromatic N) is 4. The number of carbonyl (C=O) groups is 1. The van der Waals surface area contributed by atoms with E-state index in [0.717, 1.165) is 5.82 Å². The van der Waals surface area contributed by atoms with Crippen molar-refractivity contribution in [3.63, 3.8) is 0 Å². The molecule has 2 unspecified atom stereocenters. The Morgan fingerprint density at radius 2 is 1.89 bits per heavy atom. The Morgan fingerprint density at radius 1 is 1.26 bits per heavy atom. The van der Waals surface area contributed by atoms with E-state index in [4.69, 9.17) is 0 Å². The summed E-state index contributed by atoms with van der Waals surface area (Å²) < 4.78 is 0. The smallest absolute Gasteiger partial charge is 0.274 e. The summed E-state index contributed by atoms with van der Waals surface area (Å²) in [5.41, 5.74) is 0.409. The largest absolute Gasteiger partial charge is 0.361 e. The molecule has 0 radical (unpaired) electrons. The molecule has 19 heavy (non-hydrogen) atoms. The van der Waals surface area contributed by atoms with Crippen molar-refractivity contribution in [2.75, 3.05) is 32.1 Å². The van der Waals surface area contributed by atoms with Crippen molar-refractivity contribution in [3.8, 4) is 0 Å². The first-order chi connectivity index (χ1) is 8.97. The maximum atomic E-state index is 12.4. The number of aromatic nitrogens is 2. The van der Waals surface area contributed by atoms with Crippen LogP contribution in [-0.2, 0) is 0 Å². The zero-order valence-corrected chi connectivity index (χ0v) is 11.9. The van der Waals surface area contributed by atoms with E-state index in [1.165, 1.54) is 0 Å². The maximum absolute atomic E-state index is 12.4. The van der Waals surface area contributed by atoms with E-state index in [-0.39, 0.29) is 5.91 Å². The summed E-state index contributed by atoms with van der Waals surface area (Å²) in [7, 11) is 3.79. The van der Waals surface area contributed by atoms with Crippen molar-refractivity contribution in [3.05, 3.63) is 17.8 Å². The van der Waals surface area contributed by atoms with Gasteiger partial charge in [-0.25, -0.2) is 0 Å². The van der Waals surface area contributed by atoms with Crippen molar-refractivity contribution in [2.24, 2.45) is 0 Å². The number of nitrogens with one attached hydrogen (secondary N) is 1. The van der Waals surface area contributed by atoms with E-state index in [2.05, 4.69) is 29.4 Å². The second kappa shape index (κ2) is 5.52. The van der Waals surface area contributed by atoms with Crippen LogP contribution < -0.4 is 10.2 Å². The topological polar surface area (TPSA) is 61.4 Å². The van der Waals surface area contributed by atoms with Gasteiger partial charge >= 0.3 is 0 Å². The van der Waals surface area contributed by atoms with E-state index in [9.17, 15) is 4.79 Å². The van der Waals surface area contributed by atoms with Gasteiger partial charge < -0.3 is 15.1 Å². The molecular weight excluding hydrogens is 242 g/mol. The molecule has 1 N–H and O–H groups in total. The lowest BCUT2D eigenvalue weighted by Gasteiger charge is -2.35. The molecule has 0 aliphatic carbocycles. The molecule has 6 nitrogen and oxygen atoms in total. The zero-order valence-electron chi connectivity index (χ0n) is 11.9. The van der Waals surface area contributed by atoms with Crippen LogP contribution in [0.4, 0.5) is 5.82 Å². The van der Waals surface area contributed by atoms with Gasteiger partial charge in [-0.15, -0.1) is 10.2 Å². The van der Waals surface area contributed by atoms with Crippen LogP contribution >= 0.6 is 0 Å². The van der Waals surface area contributed by atoms with Crippen LogP contribution in [0.1, 0.15) is 24.3 Å². The molecule has 1 fully saturated rings. The van der Waals surface area contributed by atoms with E-state index < -0.39 is 0 Å². The van der Waals surface area contributed by atoms with Gasteiger partial charge in [-0.05, 0) is 26.0 Å². The van der Waals surface area contributed by atoms with Crippen molar-refractivity contribution in [1.29, 1.82) is 0 Å². The lowest BCUT2D eigenvalue weighted by Crippen LogP contribution is -2.55. The Morgan fingerprint density at radius 3 is 2.37 bits per heavy atom. The highest BCUT2D eigenvalue weighted by atomic mass is 16.2. The molecule has 2 heterocycles. The Bertz CT molecular complexity index is 435. The summed E-state index contributed by atoms with van der Waals surface area (Å²) in [5, 5.41) is 11.5. The van der Waals surface area contributed by atoms with Crippen molar-refractivity contribution >= 4 is 11.7 Å². The molecule has 1 aliphatic rings. The quantitative estimate of drug-likeness (QED) is 0.835. The Labute approximate surface area is 113 Å². The summed E-state index contributed by atoms with van der Waals surface area (Å²) in [6.07, 6.45) is 0. The van der Waals surface area contributed by atoms with Gasteiger partial charge in [0.2, 0.25) is 0 Å². The fourth-order valence-electron chi connectivity index (χ4n) is 2.33. The van der Waals surface area contributed by atoms with Crippen molar-refractivity contribution in [1.82, 2.24) is 20.4 Å². The molecule has 6 heteroatoms. The predicted octanol–water partition coefficient (Wildman–Crippen LogP) is 0.365. The Kier molecular flexibility index (Phi) is 3.99. The molecule has 104 valence electrons. The standard InChI is InChI=1S/C13H21N5O/c1-9-7-18(8-10(2)14-9)13(19)11-5-6-12(16-15-11)17(3)4/h5-6,9-10,14H,7-8H2,1-4H3. The van der Waals surface area contributed by atoms with Gasteiger partial charge in [0.05, 0.1) is 0 Å². The van der Waals surface area contributed by atoms with Gasteiger partial charge in [-0.1, -0.05) is 0 Å². The SMILES string of the molecule is CC1CN(C(=O)c2ccc(N(C)C)nn2)CC(C)N1. The van der Waals surface area contributed by atoms with Crippen LogP contribution in [-0.4, -0.2) is 60.3 Å². The average molecular weight is 263 g/mol. The van der Waals surface area contributed by atoms with Crippen LogP contribution in [0.15, 0.2) is 12.1 Å². The third-order valence-corrected chi connectivity index (χ3v) is 3.17. The summed E-state index contributed by atoms with van der Waals surface area (Å²) in [6.45, 7) is 5.58. The fourth-order valence-corrected chi connectivity index (χ4v) is 2.33. The van der Waals surface area contributed by atoms with Gasteiger partial charge in [-0.2, -0.15) is 0 Å². The summed E-state index contributed by atoms with van der Waals surface area (Å²) in [5.74, 6) is 0.705. The molecule has 0 aromatic carbocycles. The summed E-state index contributed by atoms with van der Waals surface area (Å²) >= 11 is 0. The minimum atomic E-state index is -0.0435. The van der Waals surface area contributed by atoms with E-state index in [0.29, 0.717) is 30.9 Å². The molecule has 2 rings (SSSR count). The van der Waals surface area contributed by atoms with Crippen molar-refractivity contribution < 1.29 is 4.79 Å².